The first kappa shape index (κ1) is 21.3. The maximum Gasteiger partial charge on any atom is 0.270 e. The summed E-state index contributed by atoms with van der Waals surface area (Å²) in [5.41, 5.74) is 2.71. The molecule has 158 valence electrons. The van der Waals surface area contributed by atoms with Crippen LogP contribution in [0.5, 0.6) is 5.75 Å². The monoisotopic (exact) mass is 422 g/mol. The van der Waals surface area contributed by atoms with Crippen LogP contribution in [0.3, 0.4) is 0 Å². The van der Waals surface area contributed by atoms with Gasteiger partial charge >= 0.3 is 0 Å². The minimum absolute atomic E-state index is 0.0717. The zero-order valence-corrected chi connectivity index (χ0v) is 17.9. The Morgan fingerprint density at radius 2 is 2.03 bits per heavy atom. The van der Waals surface area contributed by atoms with Crippen LogP contribution in [-0.4, -0.2) is 74.0 Å². The molecule has 2 aromatic rings. The van der Waals surface area contributed by atoms with E-state index >= 15 is 0 Å². The summed E-state index contributed by atoms with van der Waals surface area (Å²) in [6, 6.07) is 1.37. The van der Waals surface area contributed by atoms with Crippen LogP contribution >= 0.6 is 0 Å². The second kappa shape index (κ2) is 8.52. The van der Waals surface area contributed by atoms with Gasteiger partial charge in [0.25, 0.3) is 5.91 Å². The Bertz CT molecular complexity index is 996. The lowest BCUT2D eigenvalue weighted by atomic mass is 10.1. The lowest BCUT2D eigenvalue weighted by Crippen LogP contribution is -2.40. The zero-order chi connectivity index (χ0) is 21.2. The molecular formula is C19H26N4O5S. The molecule has 29 heavy (non-hydrogen) atoms. The quantitative estimate of drug-likeness (QED) is 0.753. The zero-order valence-electron chi connectivity index (χ0n) is 17.1. The summed E-state index contributed by atoms with van der Waals surface area (Å²) < 4.78 is 37.4. The van der Waals surface area contributed by atoms with Crippen molar-refractivity contribution in [2.45, 2.75) is 25.3 Å². The number of carbonyl (C=O) groups is 1. The third-order valence-electron chi connectivity index (χ3n) is 4.98. The highest BCUT2D eigenvalue weighted by Gasteiger charge is 2.28. The Morgan fingerprint density at radius 3 is 2.69 bits per heavy atom. The van der Waals surface area contributed by atoms with Crippen LogP contribution in [0.1, 0.15) is 27.3 Å². The molecule has 3 heterocycles. The Kier molecular flexibility index (Phi) is 6.25. The number of hydrogen-bond acceptors (Lipinski definition) is 6. The first-order chi connectivity index (χ1) is 13.8. The number of aryl methyl sites for hydroxylation is 1. The van der Waals surface area contributed by atoms with Crippen molar-refractivity contribution in [3.63, 3.8) is 0 Å². The standard InChI is InChI=1S/C19H26N4O5S/c1-13-10-20-17(14(2)18(13)27-4)12-22(3)19(24)16-9-15(11-21-16)29(25,26)23-5-7-28-8-6-23/h9-11,21H,5-8,12H2,1-4H3. The number of ether oxygens (including phenoxy) is 2. The smallest absolute Gasteiger partial charge is 0.270 e. The van der Waals surface area contributed by atoms with E-state index < -0.39 is 10.0 Å². The van der Waals surface area contributed by atoms with Crippen molar-refractivity contribution < 1.29 is 22.7 Å². The molecule has 9 nitrogen and oxygen atoms in total. The van der Waals surface area contributed by atoms with Crippen LogP contribution in [0.4, 0.5) is 0 Å². The number of methoxy groups -OCH3 is 1. The van der Waals surface area contributed by atoms with Crippen molar-refractivity contribution in [2.75, 3.05) is 40.5 Å². The topological polar surface area (TPSA) is 105 Å². The molecule has 0 spiro atoms. The Labute approximate surface area is 170 Å². The average Bonchev–Trinajstić information content (AvgIpc) is 3.21. The number of hydrogen-bond donors (Lipinski definition) is 1. The van der Waals surface area contributed by atoms with Gasteiger partial charge in [-0.1, -0.05) is 0 Å². The number of carbonyl (C=O) groups excluding carboxylic acids is 1. The summed E-state index contributed by atoms with van der Waals surface area (Å²) in [7, 11) is -0.411. The fraction of sp³-hybridized carbons (Fsp3) is 0.474. The summed E-state index contributed by atoms with van der Waals surface area (Å²) in [5, 5.41) is 0. The number of aromatic amines is 1. The van der Waals surface area contributed by atoms with E-state index in [4.69, 9.17) is 9.47 Å². The fourth-order valence-corrected chi connectivity index (χ4v) is 4.72. The van der Waals surface area contributed by atoms with E-state index in [2.05, 4.69) is 9.97 Å². The predicted molar refractivity (Wildman–Crippen MR) is 106 cm³/mol. The molecule has 1 amide bonds. The number of pyridine rings is 1. The van der Waals surface area contributed by atoms with Gasteiger partial charge in [0.05, 0.1) is 32.6 Å². The maximum absolute atomic E-state index is 12.8. The van der Waals surface area contributed by atoms with Crippen molar-refractivity contribution in [2.24, 2.45) is 0 Å². The molecule has 1 aliphatic rings. The normalized spacial score (nSPS) is 15.3. The molecule has 0 unspecified atom stereocenters. The van der Waals surface area contributed by atoms with Crippen molar-refractivity contribution in [3.8, 4) is 5.75 Å². The van der Waals surface area contributed by atoms with Gasteiger partial charge in [-0.15, -0.1) is 0 Å². The van der Waals surface area contributed by atoms with E-state index in [-0.39, 0.29) is 23.0 Å². The third kappa shape index (κ3) is 4.29. The molecule has 3 rings (SSSR count). The predicted octanol–water partition coefficient (Wildman–Crippen LogP) is 1.33. The number of H-pyrrole nitrogens is 1. The van der Waals surface area contributed by atoms with Crippen LogP contribution in [0.25, 0.3) is 0 Å². The van der Waals surface area contributed by atoms with Gasteiger partial charge in [-0.2, -0.15) is 4.31 Å². The van der Waals surface area contributed by atoms with Gasteiger partial charge in [-0.05, 0) is 19.9 Å². The summed E-state index contributed by atoms with van der Waals surface area (Å²) in [5.74, 6) is 0.420. The first-order valence-electron chi connectivity index (χ1n) is 9.26. The number of sulfonamides is 1. The van der Waals surface area contributed by atoms with Gasteiger partial charge in [0.15, 0.2) is 0 Å². The van der Waals surface area contributed by atoms with Gasteiger partial charge in [0.1, 0.15) is 16.3 Å². The fourth-order valence-electron chi connectivity index (χ4n) is 3.32. The SMILES string of the molecule is COc1c(C)cnc(CN(C)C(=O)c2cc(S(=O)(=O)N3CCOCC3)c[nH]2)c1C. The van der Waals surface area contributed by atoms with E-state index in [1.54, 1.807) is 20.4 Å². The Balaban J connectivity index is 1.76. The summed E-state index contributed by atoms with van der Waals surface area (Å²) in [6.07, 6.45) is 3.06. The summed E-state index contributed by atoms with van der Waals surface area (Å²) in [4.78, 5) is 21.6. The van der Waals surface area contributed by atoms with E-state index in [1.165, 1.54) is 21.5 Å². The van der Waals surface area contributed by atoms with Gasteiger partial charge in [-0.25, -0.2) is 8.42 Å². The minimum Gasteiger partial charge on any atom is -0.496 e. The van der Waals surface area contributed by atoms with Crippen LogP contribution in [0.15, 0.2) is 23.4 Å². The van der Waals surface area contributed by atoms with Crippen LogP contribution in [0.2, 0.25) is 0 Å². The van der Waals surface area contributed by atoms with Crippen molar-refractivity contribution in [1.82, 2.24) is 19.2 Å². The number of aromatic nitrogens is 2. The molecule has 1 N–H and O–H groups in total. The van der Waals surface area contributed by atoms with Gasteiger partial charge < -0.3 is 19.4 Å². The average molecular weight is 423 g/mol. The Morgan fingerprint density at radius 1 is 1.34 bits per heavy atom. The molecule has 1 aliphatic heterocycles. The summed E-state index contributed by atoms with van der Waals surface area (Å²) in [6.45, 7) is 5.41. The molecule has 10 heteroatoms. The number of amides is 1. The van der Waals surface area contributed by atoms with Crippen LogP contribution in [0, 0.1) is 13.8 Å². The number of nitrogens with zero attached hydrogens (tertiary/aromatic N) is 3. The number of nitrogens with one attached hydrogen (secondary N) is 1. The van der Waals surface area contributed by atoms with E-state index in [0.717, 1.165) is 22.6 Å². The summed E-state index contributed by atoms with van der Waals surface area (Å²) >= 11 is 0. The molecular weight excluding hydrogens is 396 g/mol. The molecule has 0 aromatic carbocycles. The van der Waals surface area contributed by atoms with Crippen LogP contribution < -0.4 is 4.74 Å². The molecule has 0 radical (unpaired) electrons. The first-order valence-corrected chi connectivity index (χ1v) is 10.7. The van der Waals surface area contributed by atoms with Crippen molar-refractivity contribution in [3.05, 3.63) is 41.0 Å². The van der Waals surface area contributed by atoms with Gasteiger partial charge in [0.2, 0.25) is 10.0 Å². The molecule has 0 aliphatic carbocycles. The van der Waals surface area contributed by atoms with E-state index in [1.807, 2.05) is 13.8 Å². The molecule has 0 saturated carbocycles. The lowest BCUT2D eigenvalue weighted by Gasteiger charge is -2.25. The second-order valence-corrected chi connectivity index (χ2v) is 8.91. The maximum atomic E-state index is 12.8. The highest BCUT2D eigenvalue weighted by molar-refractivity contribution is 7.89. The molecule has 1 saturated heterocycles. The number of morpholine rings is 1. The lowest BCUT2D eigenvalue weighted by molar-refractivity contribution is 0.0730. The minimum atomic E-state index is -3.66. The van der Waals surface area contributed by atoms with Crippen molar-refractivity contribution >= 4 is 15.9 Å². The van der Waals surface area contributed by atoms with Gasteiger partial charge in [0, 0.05) is 43.7 Å². The van der Waals surface area contributed by atoms with E-state index in [9.17, 15) is 13.2 Å². The Hall–Kier alpha value is -2.43. The highest BCUT2D eigenvalue weighted by Crippen LogP contribution is 2.25. The molecule has 2 aromatic heterocycles. The molecule has 1 fully saturated rings. The van der Waals surface area contributed by atoms with E-state index in [0.29, 0.717) is 26.3 Å². The molecule has 0 atom stereocenters. The largest absolute Gasteiger partial charge is 0.496 e. The van der Waals surface area contributed by atoms with Gasteiger partial charge in [-0.3, -0.25) is 9.78 Å². The number of rotatable bonds is 6. The highest BCUT2D eigenvalue weighted by atomic mass is 32.2. The second-order valence-electron chi connectivity index (χ2n) is 6.97. The molecule has 0 bridgehead atoms. The van der Waals surface area contributed by atoms with Crippen molar-refractivity contribution in [1.29, 1.82) is 0 Å². The van der Waals surface area contributed by atoms with Crippen LogP contribution in [-0.2, 0) is 21.3 Å². The third-order valence-corrected chi connectivity index (χ3v) is 6.85.